The van der Waals surface area contributed by atoms with E-state index in [1.807, 2.05) is 42.5 Å². The zero-order valence-corrected chi connectivity index (χ0v) is 19.3. The lowest BCUT2D eigenvalue weighted by Gasteiger charge is -2.28. The summed E-state index contributed by atoms with van der Waals surface area (Å²) in [5.74, 6) is -1.27. The number of halogens is 1. The van der Waals surface area contributed by atoms with E-state index in [-0.39, 0.29) is 47.6 Å². The van der Waals surface area contributed by atoms with Gasteiger partial charge in [-0.2, -0.15) is 0 Å². The summed E-state index contributed by atoms with van der Waals surface area (Å²) in [4.78, 5) is 24.8. The highest BCUT2D eigenvalue weighted by Gasteiger charge is 2.29. The van der Waals surface area contributed by atoms with Crippen molar-refractivity contribution in [1.29, 1.82) is 0 Å². The Balaban J connectivity index is 1.33. The van der Waals surface area contributed by atoms with E-state index in [2.05, 4.69) is 5.32 Å². The molecule has 0 unspecified atom stereocenters. The third-order valence-electron chi connectivity index (χ3n) is 6.28. The molecule has 4 rings (SSSR count). The number of nitrogens with one attached hydrogen (secondary N) is 1. The van der Waals surface area contributed by atoms with Gasteiger partial charge in [-0.1, -0.05) is 42.5 Å². The minimum absolute atomic E-state index is 0.00128. The van der Waals surface area contributed by atoms with Gasteiger partial charge in [-0.15, -0.1) is 0 Å². The molecular formula is C27H28FNO5. The average molecular weight is 466 g/mol. The first-order valence-corrected chi connectivity index (χ1v) is 11.4. The Kier molecular flexibility index (Phi) is 7.30. The minimum atomic E-state index is -0.596. The fraction of sp³-hybridized carbons (Fsp3) is 0.333. The minimum Gasteiger partial charge on any atom is -0.496 e. The number of amides is 1. The molecular weight excluding hydrogens is 437 g/mol. The van der Waals surface area contributed by atoms with Gasteiger partial charge in [0.1, 0.15) is 12.4 Å². The summed E-state index contributed by atoms with van der Waals surface area (Å²) in [6.07, 6.45) is 2.13. The van der Waals surface area contributed by atoms with Crippen molar-refractivity contribution in [2.75, 3.05) is 14.2 Å². The first kappa shape index (κ1) is 23.5. The Morgan fingerprint density at radius 1 is 1.00 bits per heavy atom. The van der Waals surface area contributed by atoms with Crippen LogP contribution in [-0.4, -0.2) is 32.1 Å². The number of fused-ring (bicyclic) bond motifs is 1. The zero-order chi connectivity index (χ0) is 24.1. The van der Waals surface area contributed by atoms with E-state index < -0.39 is 5.82 Å². The molecule has 1 aliphatic rings. The molecule has 1 N–H and O–H groups in total. The van der Waals surface area contributed by atoms with E-state index in [9.17, 15) is 14.0 Å². The van der Waals surface area contributed by atoms with Crippen LogP contribution in [0.3, 0.4) is 0 Å². The van der Waals surface area contributed by atoms with Gasteiger partial charge in [0.2, 0.25) is 0 Å². The van der Waals surface area contributed by atoms with Crippen LogP contribution in [0.5, 0.6) is 11.5 Å². The van der Waals surface area contributed by atoms with Gasteiger partial charge in [0, 0.05) is 13.1 Å². The summed E-state index contributed by atoms with van der Waals surface area (Å²) in [6.45, 7) is 0.232. The van der Waals surface area contributed by atoms with Crippen LogP contribution in [0.4, 0.5) is 4.39 Å². The zero-order valence-electron chi connectivity index (χ0n) is 19.3. The van der Waals surface area contributed by atoms with Crippen molar-refractivity contribution in [1.82, 2.24) is 5.32 Å². The highest BCUT2D eigenvalue weighted by atomic mass is 19.1. The molecule has 0 radical (unpaired) electrons. The van der Waals surface area contributed by atoms with Crippen molar-refractivity contribution in [2.24, 2.45) is 5.92 Å². The summed E-state index contributed by atoms with van der Waals surface area (Å²) in [5, 5.41) is 4.70. The Morgan fingerprint density at radius 2 is 1.74 bits per heavy atom. The molecule has 1 aliphatic carbocycles. The molecule has 0 atom stereocenters. The van der Waals surface area contributed by atoms with Crippen LogP contribution in [0.25, 0.3) is 10.8 Å². The van der Waals surface area contributed by atoms with Crippen molar-refractivity contribution in [3.8, 4) is 11.5 Å². The predicted molar refractivity (Wildman–Crippen MR) is 126 cm³/mol. The van der Waals surface area contributed by atoms with Gasteiger partial charge < -0.3 is 19.5 Å². The van der Waals surface area contributed by atoms with Crippen LogP contribution in [0, 0.1) is 11.7 Å². The maximum Gasteiger partial charge on any atom is 0.309 e. The second-order valence-corrected chi connectivity index (χ2v) is 8.40. The number of carbonyl (C=O) groups is 2. The van der Waals surface area contributed by atoms with E-state index in [0.29, 0.717) is 25.7 Å². The van der Waals surface area contributed by atoms with Crippen LogP contribution in [0.15, 0.2) is 54.6 Å². The molecule has 178 valence electrons. The molecule has 1 fully saturated rings. The SMILES string of the molecule is CNC(=O)c1cc(OC2CCC(C(=O)OCc3cccc4ccccc34)CC2)c(F)cc1OC. The second-order valence-electron chi connectivity index (χ2n) is 8.40. The van der Waals surface area contributed by atoms with E-state index >= 15 is 0 Å². The van der Waals surface area contributed by atoms with E-state index in [0.717, 1.165) is 22.4 Å². The van der Waals surface area contributed by atoms with Crippen molar-refractivity contribution in [2.45, 2.75) is 38.4 Å². The van der Waals surface area contributed by atoms with Crippen LogP contribution >= 0.6 is 0 Å². The molecule has 1 saturated carbocycles. The largest absolute Gasteiger partial charge is 0.496 e. The lowest BCUT2D eigenvalue weighted by molar-refractivity contribution is -0.151. The van der Waals surface area contributed by atoms with Crippen LogP contribution in [0.2, 0.25) is 0 Å². The van der Waals surface area contributed by atoms with Crippen LogP contribution < -0.4 is 14.8 Å². The molecule has 0 aromatic heterocycles. The Labute approximate surface area is 198 Å². The van der Waals surface area contributed by atoms with Crippen LogP contribution in [-0.2, 0) is 16.1 Å². The summed E-state index contributed by atoms with van der Waals surface area (Å²) in [5.41, 5.74) is 1.18. The Hall–Kier alpha value is -3.61. The van der Waals surface area contributed by atoms with Gasteiger partial charge in [0.15, 0.2) is 11.6 Å². The van der Waals surface area contributed by atoms with E-state index in [4.69, 9.17) is 14.2 Å². The van der Waals surface area contributed by atoms with E-state index in [1.54, 1.807) is 0 Å². The van der Waals surface area contributed by atoms with Gasteiger partial charge >= 0.3 is 5.97 Å². The Bertz CT molecular complexity index is 1180. The first-order valence-electron chi connectivity index (χ1n) is 11.4. The van der Waals surface area contributed by atoms with Gasteiger partial charge in [-0.05, 0) is 48.1 Å². The number of hydrogen-bond acceptors (Lipinski definition) is 5. The average Bonchev–Trinajstić information content (AvgIpc) is 2.88. The summed E-state index contributed by atoms with van der Waals surface area (Å²) >= 11 is 0. The van der Waals surface area contributed by atoms with Crippen molar-refractivity contribution in [3.05, 3.63) is 71.5 Å². The van der Waals surface area contributed by atoms with Crippen molar-refractivity contribution >= 4 is 22.6 Å². The third-order valence-corrected chi connectivity index (χ3v) is 6.28. The fourth-order valence-electron chi connectivity index (χ4n) is 4.39. The number of carbonyl (C=O) groups excluding carboxylic acids is 2. The molecule has 3 aromatic carbocycles. The highest BCUT2D eigenvalue weighted by Crippen LogP contribution is 2.33. The lowest BCUT2D eigenvalue weighted by atomic mass is 9.87. The Morgan fingerprint density at radius 3 is 2.47 bits per heavy atom. The van der Waals surface area contributed by atoms with Crippen molar-refractivity contribution < 1.29 is 28.2 Å². The molecule has 3 aromatic rings. The van der Waals surface area contributed by atoms with Gasteiger partial charge in [-0.3, -0.25) is 9.59 Å². The number of hydrogen-bond donors (Lipinski definition) is 1. The van der Waals surface area contributed by atoms with Gasteiger partial charge in [-0.25, -0.2) is 4.39 Å². The standard InChI is InChI=1S/C27H28FNO5/c1-29-26(30)22-14-25(23(28)15-24(22)32-2)34-20-12-10-18(11-13-20)27(31)33-16-19-8-5-7-17-6-3-4-9-21(17)19/h3-9,14-15,18,20H,10-13,16H2,1-2H3,(H,29,30). The predicted octanol–water partition coefficient (Wildman–Crippen LogP) is 5.03. The quantitative estimate of drug-likeness (QED) is 0.496. The topological polar surface area (TPSA) is 73.9 Å². The molecule has 0 saturated heterocycles. The second kappa shape index (κ2) is 10.5. The maximum absolute atomic E-state index is 14.5. The number of benzene rings is 3. The molecule has 0 spiro atoms. The molecule has 0 heterocycles. The molecule has 7 heteroatoms. The first-order chi connectivity index (χ1) is 16.5. The monoisotopic (exact) mass is 465 g/mol. The molecule has 1 amide bonds. The molecule has 0 bridgehead atoms. The van der Waals surface area contributed by atoms with E-state index in [1.165, 1.54) is 20.2 Å². The summed E-state index contributed by atoms with van der Waals surface area (Å²) in [6, 6.07) is 16.5. The normalized spacial score (nSPS) is 17.7. The maximum atomic E-state index is 14.5. The smallest absolute Gasteiger partial charge is 0.309 e. The highest BCUT2D eigenvalue weighted by molar-refractivity contribution is 5.97. The number of esters is 1. The number of ether oxygens (including phenoxy) is 3. The van der Waals surface area contributed by atoms with Crippen molar-refractivity contribution in [3.63, 3.8) is 0 Å². The van der Waals surface area contributed by atoms with Gasteiger partial charge in [0.25, 0.3) is 5.91 Å². The summed E-state index contributed by atoms with van der Waals surface area (Å²) in [7, 11) is 2.87. The van der Waals surface area contributed by atoms with Crippen LogP contribution in [0.1, 0.15) is 41.6 Å². The summed E-state index contributed by atoms with van der Waals surface area (Å²) < 4.78 is 31.1. The fourth-order valence-corrected chi connectivity index (χ4v) is 4.39. The lowest BCUT2D eigenvalue weighted by Crippen LogP contribution is -2.29. The number of rotatable bonds is 7. The molecule has 34 heavy (non-hydrogen) atoms. The molecule has 6 nitrogen and oxygen atoms in total. The number of methoxy groups -OCH3 is 1. The molecule has 0 aliphatic heterocycles. The third kappa shape index (κ3) is 5.14. The van der Waals surface area contributed by atoms with Gasteiger partial charge in [0.05, 0.1) is 24.7 Å².